The fourth-order valence-corrected chi connectivity index (χ4v) is 4.64. The maximum Gasteiger partial charge on any atom is 0.0991 e. The molecule has 5 aromatic carbocycles. The van der Waals surface area contributed by atoms with Gasteiger partial charge >= 0.3 is 0 Å². The van der Waals surface area contributed by atoms with E-state index in [9.17, 15) is 0 Å². The van der Waals surface area contributed by atoms with E-state index in [0.717, 1.165) is 38.7 Å². The lowest BCUT2D eigenvalue weighted by Crippen LogP contribution is -1.92. The van der Waals surface area contributed by atoms with Gasteiger partial charge in [0.1, 0.15) is 0 Å². The maximum atomic E-state index is 9.06. The van der Waals surface area contributed by atoms with Gasteiger partial charge in [0.2, 0.25) is 0 Å². The standard InChI is InChI=1S/C32H20N2/c33-21-22-13-15-23(16-14-22)24-17-19-26(20-18-24)32-29-11-6-10-27(25-7-2-1-3-8-25)31(29)28-9-4-5-12-30(28)34-32/h1-20H. The molecule has 0 radical (unpaired) electrons. The summed E-state index contributed by atoms with van der Waals surface area (Å²) >= 11 is 0. The number of fused-ring (bicyclic) bond motifs is 3. The molecule has 0 aliphatic carbocycles. The highest BCUT2D eigenvalue weighted by Crippen LogP contribution is 2.38. The molecule has 0 aliphatic rings. The Morgan fingerprint density at radius 3 is 1.85 bits per heavy atom. The Morgan fingerprint density at radius 1 is 0.500 bits per heavy atom. The number of aromatic nitrogens is 1. The van der Waals surface area contributed by atoms with E-state index in [0.29, 0.717) is 5.56 Å². The summed E-state index contributed by atoms with van der Waals surface area (Å²) in [5, 5.41) is 12.6. The smallest absolute Gasteiger partial charge is 0.0991 e. The molecule has 0 aliphatic heterocycles. The molecule has 0 spiro atoms. The molecule has 158 valence electrons. The molecule has 0 saturated heterocycles. The maximum absolute atomic E-state index is 9.06. The molecule has 2 heteroatoms. The molecular formula is C32H20N2. The van der Waals surface area contributed by atoms with E-state index in [1.54, 1.807) is 0 Å². The molecule has 0 amide bonds. The topological polar surface area (TPSA) is 36.7 Å². The lowest BCUT2D eigenvalue weighted by molar-refractivity contribution is 1.42. The van der Waals surface area contributed by atoms with Crippen molar-refractivity contribution in [3.63, 3.8) is 0 Å². The lowest BCUT2D eigenvalue weighted by Gasteiger charge is -2.14. The van der Waals surface area contributed by atoms with Crippen LogP contribution < -0.4 is 0 Å². The number of hydrogen-bond acceptors (Lipinski definition) is 2. The highest BCUT2D eigenvalue weighted by molar-refractivity contribution is 6.17. The van der Waals surface area contributed by atoms with Crippen LogP contribution in [0.25, 0.3) is 55.2 Å². The number of hydrogen-bond donors (Lipinski definition) is 0. The predicted octanol–water partition coefficient (Wildman–Crippen LogP) is 8.26. The Kier molecular flexibility index (Phi) is 4.87. The third-order valence-electron chi connectivity index (χ3n) is 6.32. The van der Waals surface area contributed by atoms with Crippen molar-refractivity contribution in [1.82, 2.24) is 4.98 Å². The van der Waals surface area contributed by atoms with Crippen LogP contribution in [0.5, 0.6) is 0 Å². The largest absolute Gasteiger partial charge is 0.247 e. The second kappa shape index (κ2) is 8.31. The molecule has 0 atom stereocenters. The van der Waals surface area contributed by atoms with E-state index in [1.807, 2.05) is 30.3 Å². The number of para-hydroxylation sites is 1. The highest BCUT2D eigenvalue weighted by Gasteiger charge is 2.14. The van der Waals surface area contributed by atoms with Crippen molar-refractivity contribution in [1.29, 1.82) is 5.26 Å². The van der Waals surface area contributed by atoms with Gasteiger partial charge in [0, 0.05) is 21.7 Å². The van der Waals surface area contributed by atoms with E-state index in [1.165, 1.54) is 16.5 Å². The Bertz CT molecular complexity index is 1670. The highest BCUT2D eigenvalue weighted by atomic mass is 14.7. The van der Waals surface area contributed by atoms with E-state index in [4.69, 9.17) is 10.2 Å². The van der Waals surface area contributed by atoms with E-state index in [-0.39, 0.29) is 0 Å². The fourth-order valence-electron chi connectivity index (χ4n) is 4.64. The molecule has 1 aromatic heterocycles. The minimum absolute atomic E-state index is 0.668. The summed E-state index contributed by atoms with van der Waals surface area (Å²) in [4.78, 5) is 5.10. The van der Waals surface area contributed by atoms with Gasteiger partial charge in [-0.05, 0) is 40.5 Å². The number of rotatable bonds is 3. The first kappa shape index (κ1) is 19.9. The minimum Gasteiger partial charge on any atom is -0.247 e. The van der Waals surface area contributed by atoms with Crippen molar-refractivity contribution in [3.05, 3.63) is 127 Å². The number of benzene rings is 5. The van der Waals surface area contributed by atoms with Gasteiger partial charge in [-0.2, -0.15) is 5.26 Å². The first-order valence-electron chi connectivity index (χ1n) is 11.3. The van der Waals surface area contributed by atoms with E-state index >= 15 is 0 Å². The van der Waals surface area contributed by atoms with Crippen molar-refractivity contribution in [3.8, 4) is 39.6 Å². The van der Waals surface area contributed by atoms with Crippen LogP contribution in [0, 0.1) is 11.3 Å². The predicted molar refractivity (Wildman–Crippen MR) is 140 cm³/mol. The summed E-state index contributed by atoms with van der Waals surface area (Å²) < 4.78 is 0. The van der Waals surface area contributed by atoms with Crippen molar-refractivity contribution in [2.75, 3.05) is 0 Å². The van der Waals surface area contributed by atoms with Crippen molar-refractivity contribution in [2.45, 2.75) is 0 Å². The van der Waals surface area contributed by atoms with Crippen LogP contribution in [0.2, 0.25) is 0 Å². The zero-order valence-electron chi connectivity index (χ0n) is 18.4. The minimum atomic E-state index is 0.668. The van der Waals surface area contributed by atoms with Gasteiger partial charge in [-0.3, -0.25) is 0 Å². The average molecular weight is 433 g/mol. The van der Waals surface area contributed by atoms with Crippen LogP contribution in [-0.4, -0.2) is 4.98 Å². The second-order valence-electron chi connectivity index (χ2n) is 8.34. The molecule has 34 heavy (non-hydrogen) atoms. The Labute approximate surface area is 198 Å². The molecular weight excluding hydrogens is 412 g/mol. The van der Waals surface area contributed by atoms with E-state index in [2.05, 4.69) is 97.1 Å². The Balaban J connectivity index is 1.55. The lowest BCUT2D eigenvalue weighted by atomic mass is 9.92. The van der Waals surface area contributed by atoms with Crippen molar-refractivity contribution in [2.24, 2.45) is 0 Å². The molecule has 0 saturated carbocycles. The first-order valence-corrected chi connectivity index (χ1v) is 11.3. The normalized spacial score (nSPS) is 10.9. The van der Waals surface area contributed by atoms with Gasteiger partial charge in [0.15, 0.2) is 0 Å². The third kappa shape index (κ3) is 3.41. The van der Waals surface area contributed by atoms with E-state index < -0.39 is 0 Å². The fraction of sp³-hybridized carbons (Fsp3) is 0. The quantitative estimate of drug-likeness (QED) is 0.264. The van der Waals surface area contributed by atoms with Crippen molar-refractivity contribution >= 4 is 21.7 Å². The van der Waals surface area contributed by atoms with Gasteiger partial charge in [-0.25, -0.2) is 4.98 Å². The number of nitriles is 1. The monoisotopic (exact) mass is 432 g/mol. The van der Waals surface area contributed by atoms with Gasteiger partial charge in [0.05, 0.1) is 22.8 Å². The Morgan fingerprint density at radius 2 is 1.12 bits per heavy atom. The van der Waals surface area contributed by atoms with Gasteiger partial charge in [-0.15, -0.1) is 0 Å². The molecule has 0 N–H and O–H groups in total. The van der Waals surface area contributed by atoms with Crippen LogP contribution in [-0.2, 0) is 0 Å². The summed E-state index contributed by atoms with van der Waals surface area (Å²) in [5.74, 6) is 0. The average Bonchev–Trinajstić information content (AvgIpc) is 2.93. The summed E-state index contributed by atoms with van der Waals surface area (Å²) in [6, 6.07) is 43.8. The molecule has 1 heterocycles. The molecule has 6 aromatic rings. The number of pyridine rings is 1. The third-order valence-corrected chi connectivity index (χ3v) is 6.32. The van der Waals surface area contributed by atoms with Gasteiger partial charge < -0.3 is 0 Å². The zero-order chi connectivity index (χ0) is 22.9. The van der Waals surface area contributed by atoms with Gasteiger partial charge in [-0.1, -0.05) is 103 Å². The summed E-state index contributed by atoms with van der Waals surface area (Å²) in [7, 11) is 0. The molecule has 0 unspecified atom stereocenters. The molecule has 2 nitrogen and oxygen atoms in total. The SMILES string of the molecule is N#Cc1ccc(-c2ccc(-c3nc4ccccc4c4c(-c5ccccc5)cccc34)cc2)cc1. The van der Waals surface area contributed by atoms with Crippen LogP contribution in [0.3, 0.4) is 0 Å². The molecule has 0 fully saturated rings. The summed E-state index contributed by atoms with van der Waals surface area (Å²) in [6.07, 6.45) is 0. The van der Waals surface area contributed by atoms with Crippen molar-refractivity contribution < 1.29 is 0 Å². The zero-order valence-corrected chi connectivity index (χ0v) is 18.4. The number of nitrogens with zero attached hydrogens (tertiary/aromatic N) is 2. The van der Waals surface area contributed by atoms with Crippen LogP contribution >= 0.6 is 0 Å². The first-order chi connectivity index (χ1) is 16.8. The Hall–Kier alpha value is -4.74. The molecule has 6 rings (SSSR count). The summed E-state index contributed by atoms with van der Waals surface area (Å²) in [6.45, 7) is 0. The van der Waals surface area contributed by atoms with Crippen LogP contribution in [0.4, 0.5) is 0 Å². The molecule has 0 bridgehead atoms. The van der Waals surface area contributed by atoms with Crippen LogP contribution in [0.15, 0.2) is 121 Å². The summed E-state index contributed by atoms with van der Waals surface area (Å²) in [5.41, 5.74) is 8.34. The van der Waals surface area contributed by atoms with Gasteiger partial charge in [0.25, 0.3) is 0 Å². The second-order valence-corrected chi connectivity index (χ2v) is 8.34. The van der Waals surface area contributed by atoms with Crippen LogP contribution in [0.1, 0.15) is 5.56 Å².